The molecule has 0 aliphatic heterocycles. The Balaban J connectivity index is 4.15. The molecule has 0 spiro atoms. The molecule has 5 heteroatoms. The molecular formula is C7H18NO3P. The van der Waals surface area contributed by atoms with Crippen molar-refractivity contribution in [1.29, 1.82) is 0 Å². The van der Waals surface area contributed by atoms with Crippen molar-refractivity contribution >= 4 is 7.75 Å². The Bertz CT molecular complexity index is 186. The Hall–Kier alpha value is 0.110. The zero-order valence-electron chi connectivity index (χ0n) is 8.29. The largest absolute Gasteiger partial charge is 0.403 e. The lowest BCUT2D eigenvalue weighted by molar-refractivity contribution is 0.106. The van der Waals surface area contributed by atoms with Crippen molar-refractivity contribution in [3.8, 4) is 0 Å². The number of hydrogen-bond acceptors (Lipinski definition) is 2. The van der Waals surface area contributed by atoms with Gasteiger partial charge in [0.15, 0.2) is 0 Å². The van der Waals surface area contributed by atoms with Gasteiger partial charge in [0.05, 0.1) is 5.60 Å². The lowest BCUT2D eigenvalue weighted by Gasteiger charge is -2.24. The minimum atomic E-state index is -3.62. The van der Waals surface area contributed by atoms with Gasteiger partial charge in [-0.1, -0.05) is 0 Å². The highest BCUT2D eigenvalue weighted by molar-refractivity contribution is 7.50. The smallest absolute Gasteiger partial charge is 0.312 e. The fourth-order valence-corrected chi connectivity index (χ4v) is 2.17. The van der Waals surface area contributed by atoms with Crippen LogP contribution in [0.1, 0.15) is 34.6 Å². The third-order valence-corrected chi connectivity index (χ3v) is 2.46. The second-order valence-electron chi connectivity index (χ2n) is 4.01. The zero-order valence-corrected chi connectivity index (χ0v) is 9.18. The van der Waals surface area contributed by atoms with Gasteiger partial charge in [0, 0.05) is 6.04 Å². The summed E-state index contributed by atoms with van der Waals surface area (Å²) in [7, 11) is -3.62. The summed E-state index contributed by atoms with van der Waals surface area (Å²) in [6, 6.07) is -0.0665. The van der Waals surface area contributed by atoms with Crippen LogP contribution in [-0.4, -0.2) is 16.5 Å². The lowest BCUT2D eigenvalue weighted by Crippen LogP contribution is -2.26. The van der Waals surface area contributed by atoms with Gasteiger partial charge in [0.1, 0.15) is 0 Å². The van der Waals surface area contributed by atoms with Gasteiger partial charge in [0.2, 0.25) is 0 Å². The first kappa shape index (κ1) is 12.1. The second kappa shape index (κ2) is 3.88. The van der Waals surface area contributed by atoms with Crippen LogP contribution in [0.4, 0.5) is 0 Å². The van der Waals surface area contributed by atoms with E-state index in [9.17, 15) is 9.46 Å². The summed E-state index contributed by atoms with van der Waals surface area (Å²) in [5.41, 5.74) is -0.605. The molecule has 0 aromatic rings. The van der Waals surface area contributed by atoms with Gasteiger partial charge >= 0.3 is 7.75 Å². The first-order chi connectivity index (χ1) is 5.12. The SMILES string of the molecule is CC(C)NP(=O)(O)OC(C)(C)C. The topological polar surface area (TPSA) is 58.6 Å². The van der Waals surface area contributed by atoms with Gasteiger partial charge in [-0.15, -0.1) is 0 Å². The minimum absolute atomic E-state index is 0.0665. The maximum atomic E-state index is 11.3. The molecular weight excluding hydrogens is 177 g/mol. The molecule has 0 aromatic carbocycles. The van der Waals surface area contributed by atoms with Crippen molar-refractivity contribution in [2.24, 2.45) is 0 Å². The maximum Gasteiger partial charge on any atom is 0.403 e. The van der Waals surface area contributed by atoms with E-state index in [4.69, 9.17) is 4.52 Å². The van der Waals surface area contributed by atoms with Gasteiger partial charge in [-0.05, 0) is 34.6 Å². The van der Waals surface area contributed by atoms with Crippen LogP contribution in [0.2, 0.25) is 0 Å². The lowest BCUT2D eigenvalue weighted by atomic mass is 10.2. The van der Waals surface area contributed by atoms with Crippen LogP contribution in [0.5, 0.6) is 0 Å². The van der Waals surface area contributed by atoms with Crippen LogP contribution in [0.15, 0.2) is 0 Å². The van der Waals surface area contributed by atoms with E-state index in [1.165, 1.54) is 0 Å². The summed E-state index contributed by atoms with van der Waals surface area (Å²) in [6.45, 7) is 8.78. The van der Waals surface area contributed by atoms with Gasteiger partial charge in [-0.3, -0.25) is 4.52 Å². The number of hydrogen-bond donors (Lipinski definition) is 2. The fourth-order valence-electron chi connectivity index (χ4n) is 0.724. The second-order valence-corrected chi connectivity index (χ2v) is 5.49. The monoisotopic (exact) mass is 195 g/mol. The van der Waals surface area contributed by atoms with Crippen molar-refractivity contribution in [1.82, 2.24) is 5.09 Å². The average Bonchev–Trinajstić information content (AvgIpc) is 1.48. The molecule has 1 atom stereocenters. The minimum Gasteiger partial charge on any atom is -0.312 e. The van der Waals surface area contributed by atoms with E-state index < -0.39 is 13.3 Å². The van der Waals surface area contributed by atoms with Gasteiger partial charge in [-0.25, -0.2) is 9.65 Å². The molecule has 0 radical (unpaired) electrons. The van der Waals surface area contributed by atoms with Crippen molar-refractivity contribution in [3.05, 3.63) is 0 Å². The first-order valence-corrected chi connectivity index (χ1v) is 5.51. The van der Waals surface area contributed by atoms with E-state index in [-0.39, 0.29) is 6.04 Å². The molecule has 0 saturated carbocycles. The maximum absolute atomic E-state index is 11.3. The summed E-state index contributed by atoms with van der Waals surface area (Å²) in [4.78, 5) is 9.24. The third kappa shape index (κ3) is 6.80. The van der Waals surface area contributed by atoms with E-state index >= 15 is 0 Å². The van der Waals surface area contributed by atoms with Gasteiger partial charge in [0.25, 0.3) is 0 Å². The van der Waals surface area contributed by atoms with Crippen molar-refractivity contribution in [2.75, 3.05) is 0 Å². The Morgan fingerprint density at radius 2 is 1.83 bits per heavy atom. The van der Waals surface area contributed by atoms with Crippen molar-refractivity contribution in [3.63, 3.8) is 0 Å². The molecule has 1 unspecified atom stereocenters. The highest BCUT2D eigenvalue weighted by Gasteiger charge is 2.27. The summed E-state index contributed by atoms with van der Waals surface area (Å²) < 4.78 is 16.2. The van der Waals surface area contributed by atoms with E-state index in [0.717, 1.165) is 0 Å². The number of rotatable bonds is 3. The van der Waals surface area contributed by atoms with E-state index in [2.05, 4.69) is 5.09 Å². The predicted molar refractivity (Wildman–Crippen MR) is 48.9 cm³/mol. The molecule has 0 heterocycles. The van der Waals surface area contributed by atoms with Crippen LogP contribution in [0, 0.1) is 0 Å². The fraction of sp³-hybridized carbons (Fsp3) is 1.00. The molecule has 0 aliphatic rings. The average molecular weight is 195 g/mol. The summed E-state index contributed by atoms with van der Waals surface area (Å²) in [5.74, 6) is 0. The summed E-state index contributed by atoms with van der Waals surface area (Å²) in [6.07, 6.45) is 0. The number of nitrogens with one attached hydrogen (secondary N) is 1. The Labute approximate surface area is 73.9 Å². The summed E-state index contributed by atoms with van der Waals surface area (Å²) >= 11 is 0. The molecule has 4 nitrogen and oxygen atoms in total. The summed E-state index contributed by atoms with van der Waals surface area (Å²) in [5, 5.41) is 2.46. The predicted octanol–water partition coefficient (Wildman–Crippen LogP) is 1.90. The van der Waals surface area contributed by atoms with E-state index in [1.54, 1.807) is 34.6 Å². The molecule has 12 heavy (non-hydrogen) atoms. The van der Waals surface area contributed by atoms with Crippen LogP contribution in [0.25, 0.3) is 0 Å². The molecule has 0 aliphatic carbocycles. The normalized spacial score (nSPS) is 17.9. The first-order valence-electron chi connectivity index (χ1n) is 3.94. The van der Waals surface area contributed by atoms with E-state index in [0.29, 0.717) is 0 Å². The van der Waals surface area contributed by atoms with E-state index in [1.807, 2.05) is 0 Å². The van der Waals surface area contributed by atoms with Crippen LogP contribution >= 0.6 is 7.75 Å². The molecule has 2 N–H and O–H groups in total. The molecule has 0 bridgehead atoms. The van der Waals surface area contributed by atoms with Gasteiger partial charge in [-0.2, -0.15) is 0 Å². The standard InChI is InChI=1S/C7H18NO3P/c1-6(2)8-12(9,10)11-7(3,4)5/h6H,1-5H3,(H2,8,9,10). The third-order valence-electron chi connectivity index (χ3n) is 0.819. The molecule has 0 rings (SSSR count). The molecule has 0 amide bonds. The van der Waals surface area contributed by atoms with Crippen LogP contribution in [0.3, 0.4) is 0 Å². The van der Waals surface area contributed by atoms with Gasteiger partial charge < -0.3 is 4.89 Å². The highest BCUT2D eigenvalue weighted by atomic mass is 31.2. The highest BCUT2D eigenvalue weighted by Crippen LogP contribution is 2.41. The molecule has 0 aromatic heterocycles. The Morgan fingerprint density at radius 1 is 1.42 bits per heavy atom. The van der Waals surface area contributed by atoms with Crippen LogP contribution < -0.4 is 5.09 Å². The van der Waals surface area contributed by atoms with Crippen molar-refractivity contribution in [2.45, 2.75) is 46.3 Å². The molecule has 0 saturated heterocycles. The van der Waals surface area contributed by atoms with Crippen LogP contribution in [-0.2, 0) is 9.09 Å². The quantitative estimate of drug-likeness (QED) is 0.675. The zero-order chi connectivity index (χ0) is 9.99. The molecule has 0 fully saturated rings. The molecule has 74 valence electrons. The Morgan fingerprint density at radius 3 is 2.08 bits per heavy atom. The Kier molecular flexibility index (Phi) is 3.91. The van der Waals surface area contributed by atoms with Crippen molar-refractivity contribution < 1.29 is 14.0 Å².